The van der Waals surface area contributed by atoms with E-state index >= 15 is 0 Å². The summed E-state index contributed by atoms with van der Waals surface area (Å²) in [5, 5.41) is 0. The Morgan fingerprint density at radius 3 is 2.45 bits per heavy atom. The van der Waals surface area contributed by atoms with Crippen molar-refractivity contribution in [1.82, 2.24) is 4.90 Å². The summed E-state index contributed by atoms with van der Waals surface area (Å²) >= 11 is 0. The quantitative estimate of drug-likeness (QED) is 0.685. The molecule has 0 bridgehead atoms. The molecular formula is C21H23F2NO4S. The lowest BCUT2D eigenvalue weighted by atomic mass is 10.1. The van der Waals surface area contributed by atoms with Gasteiger partial charge in [0, 0.05) is 12.6 Å². The molecule has 1 fully saturated rings. The van der Waals surface area contributed by atoms with Crippen LogP contribution in [0.2, 0.25) is 0 Å². The number of halogens is 2. The Bertz CT molecular complexity index is 963. The average molecular weight is 423 g/mol. The summed E-state index contributed by atoms with van der Waals surface area (Å²) in [5.41, 5.74) is 0.671. The molecule has 0 N–H and O–H groups in total. The molecule has 2 unspecified atom stereocenters. The van der Waals surface area contributed by atoms with Crippen molar-refractivity contribution in [2.45, 2.75) is 38.5 Å². The van der Waals surface area contributed by atoms with Gasteiger partial charge >= 0.3 is 0 Å². The van der Waals surface area contributed by atoms with E-state index in [2.05, 4.69) is 0 Å². The van der Waals surface area contributed by atoms with E-state index in [9.17, 15) is 22.0 Å². The fourth-order valence-corrected chi connectivity index (χ4v) is 5.11. The number of sulfone groups is 1. The van der Waals surface area contributed by atoms with Crippen molar-refractivity contribution >= 4 is 15.7 Å². The number of rotatable bonds is 7. The number of ether oxygens (including phenoxy) is 1. The molecule has 3 rings (SSSR count). The Balaban J connectivity index is 1.85. The molecule has 1 saturated heterocycles. The maximum atomic E-state index is 14.0. The van der Waals surface area contributed by atoms with Crippen LogP contribution in [0.1, 0.15) is 25.3 Å². The van der Waals surface area contributed by atoms with E-state index in [0.29, 0.717) is 12.0 Å². The molecular weight excluding hydrogens is 400 g/mol. The third kappa shape index (κ3) is 5.32. The standard InChI is InChI=1S/C21H23F2NO4S/c1-2-19(28-20-6-4-3-5-18(20)23)21(25)24(17-11-12-29(26,27)14-17)13-15-7-9-16(22)10-8-15/h3-10,17,19H,2,11-14H2,1H3. The summed E-state index contributed by atoms with van der Waals surface area (Å²) in [4.78, 5) is 14.7. The zero-order valence-electron chi connectivity index (χ0n) is 16.1. The molecule has 0 radical (unpaired) electrons. The van der Waals surface area contributed by atoms with Gasteiger partial charge in [-0.1, -0.05) is 31.2 Å². The Labute approximate surface area is 169 Å². The van der Waals surface area contributed by atoms with E-state index in [1.54, 1.807) is 25.1 Å². The lowest BCUT2D eigenvalue weighted by molar-refractivity contribution is -0.141. The Morgan fingerprint density at radius 1 is 1.17 bits per heavy atom. The molecule has 2 aromatic rings. The van der Waals surface area contributed by atoms with Crippen LogP contribution in [0, 0.1) is 11.6 Å². The predicted octanol–water partition coefficient (Wildman–Crippen LogP) is 3.34. The van der Waals surface area contributed by atoms with E-state index in [-0.39, 0.29) is 30.2 Å². The van der Waals surface area contributed by atoms with Crippen LogP contribution in [0.3, 0.4) is 0 Å². The van der Waals surface area contributed by atoms with Crippen molar-refractivity contribution in [3.05, 3.63) is 65.7 Å². The number of carbonyl (C=O) groups excluding carboxylic acids is 1. The molecule has 29 heavy (non-hydrogen) atoms. The highest BCUT2D eigenvalue weighted by Crippen LogP contribution is 2.24. The van der Waals surface area contributed by atoms with Crippen molar-refractivity contribution in [2.24, 2.45) is 0 Å². The molecule has 1 aliphatic heterocycles. The number of nitrogens with zero attached hydrogens (tertiary/aromatic N) is 1. The number of para-hydroxylation sites is 1. The molecule has 0 saturated carbocycles. The molecule has 1 aliphatic rings. The zero-order valence-corrected chi connectivity index (χ0v) is 16.9. The first-order valence-corrected chi connectivity index (χ1v) is 11.3. The van der Waals surface area contributed by atoms with Gasteiger partial charge in [-0.15, -0.1) is 0 Å². The normalized spacial score (nSPS) is 18.9. The molecule has 2 aromatic carbocycles. The number of hydrogen-bond donors (Lipinski definition) is 0. The van der Waals surface area contributed by atoms with Crippen LogP contribution in [0.5, 0.6) is 5.75 Å². The highest BCUT2D eigenvalue weighted by molar-refractivity contribution is 7.91. The molecule has 2 atom stereocenters. The van der Waals surface area contributed by atoms with Gasteiger partial charge in [0.1, 0.15) is 5.82 Å². The molecule has 1 heterocycles. The van der Waals surface area contributed by atoms with E-state index in [4.69, 9.17) is 4.74 Å². The Kier molecular flexibility index (Phi) is 6.52. The summed E-state index contributed by atoms with van der Waals surface area (Å²) in [6.45, 7) is 1.86. The van der Waals surface area contributed by atoms with Crippen LogP contribution in [-0.2, 0) is 21.2 Å². The van der Waals surface area contributed by atoms with Crippen LogP contribution >= 0.6 is 0 Å². The van der Waals surface area contributed by atoms with Gasteiger partial charge < -0.3 is 9.64 Å². The number of carbonyl (C=O) groups is 1. The smallest absolute Gasteiger partial charge is 0.264 e. The highest BCUT2D eigenvalue weighted by Gasteiger charge is 2.37. The van der Waals surface area contributed by atoms with E-state index < -0.39 is 39.5 Å². The highest BCUT2D eigenvalue weighted by atomic mass is 32.2. The van der Waals surface area contributed by atoms with E-state index in [1.807, 2.05) is 0 Å². The third-order valence-electron chi connectivity index (χ3n) is 4.95. The summed E-state index contributed by atoms with van der Waals surface area (Å²) in [6.07, 6.45) is -0.353. The lowest BCUT2D eigenvalue weighted by Gasteiger charge is -2.32. The second kappa shape index (κ2) is 8.90. The Morgan fingerprint density at radius 2 is 1.86 bits per heavy atom. The second-order valence-electron chi connectivity index (χ2n) is 7.09. The van der Waals surface area contributed by atoms with Crippen LogP contribution in [-0.4, -0.2) is 42.9 Å². The summed E-state index contributed by atoms with van der Waals surface area (Å²) < 4.78 is 56.8. The Hall–Kier alpha value is -2.48. The molecule has 156 valence electrons. The summed E-state index contributed by atoms with van der Waals surface area (Å²) in [6, 6.07) is 11.0. The monoisotopic (exact) mass is 423 g/mol. The van der Waals surface area contributed by atoms with Gasteiger partial charge in [-0.3, -0.25) is 4.79 Å². The minimum atomic E-state index is -3.23. The largest absolute Gasteiger partial charge is 0.478 e. The van der Waals surface area contributed by atoms with Gasteiger partial charge in [-0.2, -0.15) is 0 Å². The maximum Gasteiger partial charge on any atom is 0.264 e. The predicted molar refractivity (Wildman–Crippen MR) is 105 cm³/mol. The van der Waals surface area contributed by atoms with Gasteiger partial charge in [0.2, 0.25) is 0 Å². The topological polar surface area (TPSA) is 63.7 Å². The minimum absolute atomic E-state index is 0.00975. The second-order valence-corrected chi connectivity index (χ2v) is 9.32. The molecule has 5 nitrogen and oxygen atoms in total. The first-order chi connectivity index (χ1) is 13.8. The average Bonchev–Trinajstić information content (AvgIpc) is 3.06. The maximum absolute atomic E-state index is 14.0. The van der Waals surface area contributed by atoms with Gasteiger partial charge in [0.05, 0.1) is 11.5 Å². The van der Waals surface area contributed by atoms with Crippen molar-refractivity contribution in [3.8, 4) is 5.75 Å². The molecule has 0 aliphatic carbocycles. The van der Waals surface area contributed by atoms with Crippen LogP contribution < -0.4 is 4.74 Å². The molecule has 8 heteroatoms. The van der Waals surface area contributed by atoms with Gasteiger partial charge in [-0.25, -0.2) is 17.2 Å². The van der Waals surface area contributed by atoms with Crippen molar-refractivity contribution in [1.29, 1.82) is 0 Å². The summed E-state index contributed by atoms with van der Waals surface area (Å²) in [7, 11) is -3.23. The van der Waals surface area contributed by atoms with Crippen LogP contribution in [0.15, 0.2) is 48.5 Å². The number of benzene rings is 2. The number of amides is 1. The number of hydrogen-bond acceptors (Lipinski definition) is 4. The SMILES string of the molecule is CCC(Oc1ccccc1F)C(=O)N(Cc1ccc(F)cc1)C1CCS(=O)(=O)C1. The molecule has 1 amide bonds. The first-order valence-electron chi connectivity index (χ1n) is 9.45. The minimum Gasteiger partial charge on any atom is -0.478 e. The molecule has 0 aromatic heterocycles. The van der Waals surface area contributed by atoms with Gasteiger partial charge in [0.15, 0.2) is 27.5 Å². The van der Waals surface area contributed by atoms with E-state index in [0.717, 1.165) is 0 Å². The van der Waals surface area contributed by atoms with Crippen molar-refractivity contribution in [3.63, 3.8) is 0 Å². The third-order valence-corrected chi connectivity index (χ3v) is 6.70. The fraction of sp³-hybridized carbons (Fsp3) is 0.381. The fourth-order valence-electron chi connectivity index (χ4n) is 3.38. The van der Waals surface area contributed by atoms with E-state index in [1.165, 1.54) is 35.2 Å². The van der Waals surface area contributed by atoms with Gasteiger partial charge in [-0.05, 0) is 42.7 Å². The van der Waals surface area contributed by atoms with Crippen molar-refractivity contribution < 1.29 is 26.7 Å². The molecule has 0 spiro atoms. The zero-order chi connectivity index (χ0) is 21.0. The summed E-state index contributed by atoms with van der Waals surface area (Å²) in [5.74, 6) is -1.54. The van der Waals surface area contributed by atoms with Crippen LogP contribution in [0.25, 0.3) is 0 Å². The van der Waals surface area contributed by atoms with Gasteiger partial charge in [0.25, 0.3) is 5.91 Å². The first kappa shape index (κ1) is 21.2. The van der Waals surface area contributed by atoms with Crippen LogP contribution in [0.4, 0.5) is 8.78 Å². The lowest BCUT2D eigenvalue weighted by Crippen LogP contribution is -2.47. The van der Waals surface area contributed by atoms with Crippen molar-refractivity contribution in [2.75, 3.05) is 11.5 Å².